The molecule has 0 spiro atoms. The summed E-state index contributed by atoms with van der Waals surface area (Å²) in [6, 6.07) is 10.4. The maximum atomic E-state index is 11.8. The summed E-state index contributed by atoms with van der Waals surface area (Å²) in [6.07, 6.45) is 3.55. The lowest BCUT2D eigenvalue weighted by Gasteiger charge is -2.20. The number of hydrogen-bond donors (Lipinski definition) is 2. The predicted molar refractivity (Wildman–Crippen MR) is 128 cm³/mol. The van der Waals surface area contributed by atoms with E-state index in [9.17, 15) is 4.79 Å². The highest BCUT2D eigenvalue weighted by atomic mass is 16.2. The zero-order valence-electron chi connectivity index (χ0n) is 19.5. The Balaban J connectivity index is 1.47. The fourth-order valence-corrected chi connectivity index (χ4v) is 3.66. The first-order valence-corrected chi connectivity index (χ1v) is 11.5. The second-order valence-electron chi connectivity index (χ2n) is 8.19. The van der Waals surface area contributed by atoms with Crippen LogP contribution in [0.4, 0.5) is 5.69 Å². The van der Waals surface area contributed by atoms with Crippen molar-refractivity contribution in [1.82, 2.24) is 30.3 Å². The average molecular weight is 441 g/mol. The molecule has 1 aromatic heterocycles. The molecule has 174 valence electrons. The number of carbonyl (C=O) groups excluding carboxylic acids is 1. The quantitative estimate of drug-likeness (QED) is 0.314. The van der Waals surface area contributed by atoms with Gasteiger partial charge in [0.2, 0.25) is 5.91 Å². The number of carbonyl (C=O) groups is 1. The standard InChI is InChI=1S/C23H36N8O/c1-19-27-28-21(30(19)3)18-26-23(25-14-9-17-31-16-7-12-22(31)32)24-13-8-15-29(2)20-10-5-4-6-11-20/h4-6,10-11H,7-9,12-18H2,1-3H3,(H2,24,25,26). The third-order valence-corrected chi connectivity index (χ3v) is 5.79. The Labute approximate surface area is 190 Å². The summed E-state index contributed by atoms with van der Waals surface area (Å²) in [7, 11) is 4.06. The van der Waals surface area contributed by atoms with Gasteiger partial charge >= 0.3 is 0 Å². The van der Waals surface area contributed by atoms with Crippen molar-refractivity contribution in [3.05, 3.63) is 42.0 Å². The zero-order chi connectivity index (χ0) is 22.8. The average Bonchev–Trinajstić information content (AvgIpc) is 3.36. The number of amides is 1. The van der Waals surface area contributed by atoms with Gasteiger partial charge in [0.15, 0.2) is 11.8 Å². The number of guanidine groups is 1. The first-order valence-electron chi connectivity index (χ1n) is 11.5. The van der Waals surface area contributed by atoms with Crippen LogP contribution < -0.4 is 15.5 Å². The van der Waals surface area contributed by atoms with Crippen molar-refractivity contribution in [2.45, 2.75) is 39.2 Å². The lowest BCUT2D eigenvalue weighted by atomic mass is 10.3. The molecule has 0 aliphatic carbocycles. The summed E-state index contributed by atoms with van der Waals surface area (Å²) in [6.45, 7) is 6.59. The smallest absolute Gasteiger partial charge is 0.222 e. The number of aryl methyl sites for hydroxylation is 1. The molecule has 0 radical (unpaired) electrons. The highest BCUT2D eigenvalue weighted by Crippen LogP contribution is 2.11. The second kappa shape index (κ2) is 12.1. The van der Waals surface area contributed by atoms with E-state index in [0.717, 1.165) is 69.6 Å². The summed E-state index contributed by atoms with van der Waals surface area (Å²) < 4.78 is 1.95. The van der Waals surface area contributed by atoms with Gasteiger partial charge in [-0.1, -0.05) is 18.2 Å². The van der Waals surface area contributed by atoms with Crippen LogP contribution in [0.25, 0.3) is 0 Å². The number of nitrogens with zero attached hydrogens (tertiary/aromatic N) is 6. The van der Waals surface area contributed by atoms with Crippen LogP contribution in [-0.2, 0) is 18.4 Å². The molecule has 32 heavy (non-hydrogen) atoms. The molecule has 1 fully saturated rings. The SMILES string of the molecule is Cc1nnc(CN=C(NCCCN2CCCC2=O)NCCCN(C)c2ccccc2)n1C. The minimum Gasteiger partial charge on any atom is -0.375 e. The van der Waals surface area contributed by atoms with Gasteiger partial charge in [0, 0.05) is 58.9 Å². The van der Waals surface area contributed by atoms with Crippen molar-refractivity contribution < 1.29 is 4.79 Å². The fraction of sp³-hybridized carbons (Fsp3) is 0.565. The van der Waals surface area contributed by atoms with Crippen LogP contribution in [0.2, 0.25) is 0 Å². The molecule has 1 amide bonds. The lowest BCUT2D eigenvalue weighted by molar-refractivity contribution is -0.127. The second-order valence-corrected chi connectivity index (χ2v) is 8.19. The number of nitrogens with one attached hydrogen (secondary N) is 2. The third kappa shape index (κ3) is 6.96. The van der Waals surface area contributed by atoms with Gasteiger partial charge in [-0.25, -0.2) is 4.99 Å². The molecule has 1 aliphatic heterocycles. The summed E-state index contributed by atoms with van der Waals surface area (Å²) in [5.74, 6) is 2.74. The molecule has 2 N–H and O–H groups in total. The molecule has 2 heterocycles. The van der Waals surface area contributed by atoms with E-state index >= 15 is 0 Å². The molecular weight excluding hydrogens is 404 g/mol. The number of hydrogen-bond acceptors (Lipinski definition) is 5. The Kier molecular flexibility index (Phi) is 8.89. The van der Waals surface area contributed by atoms with Crippen molar-refractivity contribution >= 4 is 17.6 Å². The van der Waals surface area contributed by atoms with Gasteiger partial charge in [0.05, 0.1) is 0 Å². The highest BCUT2D eigenvalue weighted by Gasteiger charge is 2.19. The van der Waals surface area contributed by atoms with Crippen LogP contribution in [0, 0.1) is 6.92 Å². The van der Waals surface area contributed by atoms with Crippen molar-refractivity contribution in [3.8, 4) is 0 Å². The van der Waals surface area contributed by atoms with Crippen molar-refractivity contribution in [2.24, 2.45) is 12.0 Å². The number of anilines is 1. The normalized spacial score (nSPS) is 14.2. The van der Waals surface area contributed by atoms with Crippen molar-refractivity contribution in [2.75, 3.05) is 44.7 Å². The molecule has 3 rings (SSSR count). The fourth-order valence-electron chi connectivity index (χ4n) is 3.66. The molecule has 0 bridgehead atoms. The maximum absolute atomic E-state index is 11.8. The molecule has 9 nitrogen and oxygen atoms in total. The molecule has 9 heteroatoms. The van der Waals surface area contributed by atoms with Gasteiger partial charge in [0.25, 0.3) is 0 Å². The monoisotopic (exact) mass is 440 g/mol. The number of benzene rings is 1. The Morgan fingerprint density at radius 3 is 2.56 bits per heavy atom. The lowest BCUT2D eigenvalue weighted by Crippen LogP contribution is -2.40. The molecular formula is C23H36N8O. The van der Waals surface area contributed by atoms with Gasteiger partial charge in [-0.15, -0.1) is 10.2 Å². The summed E-state index contributed by atoms with van der Waals surface area (Å²) in [5.41, 5.74) is 1.22. The Bertz CT molecular complexity index is 879. The van der Waals surface area contributed by atoms with Crippen LogP contribution in [0.15, 0.2) is 35.3 Å². The minimum atomic E-state index is 0.275. The molecule has 1 saturated heterocycles. The van der Waals surface area contributed by atoms with Crippen molar-refractivity contribution in [1.29, 1.82) is 0 Å². The van der Waals surface area contributed by atoms with E-state index in [1.165, 1.54) is 5.69 Å². The number of para-hydroxylation sites is 1. The van der Waals surface area contributed by atoms with E-state index in [1.807, 2.05) is 29.5 Å². The van der Waals surface area contributed by atoms with Gasteiger partial charge in [0.1, 0.15) is 12.4 Å². The Morgan fingerprint density at radius 1 is 1.16 bits per heavy atom. The van der Waals surface area contributed by atoms with Crippen LogP contribution >= 0.6 is 0 Å². The molecule has 1 aliphatic rings. The van der Waals surface area contributed by atoms with Gasteiger partial charge in [-0.05, 0) is 38.3 Å². The summed E-state index contributed by atoms with van der Waals surface area (Å²) in [5, 5.41) is 15.1. The van der Waals surface area contributed by atoms with E-state index in [-0.39, 0.29) is 5.91 Å². The minimum absolute atomic E-state index is 0.275. The molecule has 2 aromatic rings. The van der Waals surface area contributed by atoms with E-state index in [1.54, 1.807) is 0 Å². The number of aliphatic imine (C=N–C) groups is 1. The first-order chi connectivity index (χ1) is 15.5. The van der Waals surface area contributed by atoms with Crippen LogP contribution in [0.1, 0.15) is 37.3 Å². The Morgan fingerprint density at radius 2 is 1.91 bits per heavy atom. The van der Waals surface area contributed by atoms with Crippen LogP contribution in [0.5, 0.6) is 0 Å². The van der Waals surface area contributed by atoms with Crippen molar-refractivity contribution in [3.63, 3.8) is 0 Å². The van der Waals surface area contributed by atoms with E-state index in [0.29, 0.717) is 13.0 Å². The third-order valence-electron chi connectivity index (χ3n) is 5.79. The van der Waals surface area contributed by atoms with Gasteiger partial charge < -0.3 is 25.0 Å². The summed E-state index contributed by atoms with van der Waals surface area (Å²) in [4.78, 5) is 20.7. The molecule has 0 unspecified atom stereocenters. The highest BCUT2D eigenvalue weighted by molar-refractivity contribution is 5.79. The molecule has 1 aromatic carbocycles. The maximum Gasteiger partial charge on any atom is 0.222 e. The van der Waals surface area contributed by atoms with Gasteiger partial charge in [-0.2, -0.15) is 0 Å². The Hall–Kier alpha value is -3.10. The zero-order valence-corrected chi connectivity index (χ0v) is 19.5. The van der Waals surface area contributed by atoms with Gasteiger partial charge in [-0.3, -0.25) is 4.79 Å². The van der Waals surface area contributed by atoms with Crippen LogP contribution in [-0.4, -0.2) is 71.3 Å². The topological polar surface area (TPSA) is 90.7 Å². The molecule has 0 atom stereocenters. The first kappa shape index (κ1) is 23.6. The van der Waals surface area contributed by atoms with E-state index in [4.69, 9.17) is 4.99 Å². The number of likely N-dealkylation sites (tertiary alicyclic amines) is 1. The van der Waals surface area contributed by atoms with Crippen LogP contribution in [0.3, 0.4) is 0 Å². The van der Waals surface area contributed by atoms with E-state index in [2.05, 4.69) is 57.0 Å². The van der Waals surface area contributed by atoms with E-state index < -0.39 is 0 Å². The number of aromatic nitrogens is 3. The molecule has 0 saturated carbocycles. The number of rotatable bonds is 11. The predicted octanol–water partition coefficient (Wildman–Crippen LogP) is 1.70. The summed E-state index contributed by atoms with van der Waals surface area (Å²) >= 11 is 0. The largest absolute Gasteiger partial charge is 0.375 e.